The summed E-state index contributed by atoms with van der Waals surface area (Å²) in [4.78, 5) is 8.76. The minimum absolute atomic E-state index is 0.321. The number of aryl methyl sites for hydroxylation is 2. The Morgan fingerprint density at radius 1 is 0.846 bits per heavy atom. The molecule has 0 spiro atoms. The van der Waals surface area contributed by atoms with Gasteiger partial charge in [-0.25, -0.2) is 9.37 Å². The predicted octanol–water partition coefficient (Wildman–Crippen LogP) is 3.75. The zero-order valence-corrected chi connectivity index (χ0v) is 14.2. The number of nitrogens with zero attached hydrogens (tertiary/aromatic N) is 2. The van der Waals surface area contributed by atoms with E-state index in [4.69, 9.17) is 11.5 Å². The molecule has 0 aliphatic carbocycles. The van der Waals surface area contributed by atoms with E-state index in [9.17, 15) is 4.39 Å². The van der Waals surface area contributed by atoms with Crippen molar-refractivity contribution >= 4 is 27.6 Å². The molecule has 0 saturated carbocycles. The molecule has 0 radical (unpaired) electrons. The van der Waals surface area contributed by atoms with Crippen molar-refractivity contribution in [2.24, 2.45) is 5.73 Å². The average molecular weight is 346 g/mol. The summed E-state index contributed by atoms with van der Waals surface area (Å²) < 4.78 is 13.5. The standard InChI is InChI=1S/C21H19FN4/c22-16-7-8-17-18-9-15(6-3-13-1-4-14(11-23)5-2-13)12-25-20(18)21(24)26-19(17)10-16/h1-2,4-5,7-10,12H,3,6,11,23H2,(H2,24,26). The molecule has 2 aromatic carbocycles. The van der Waals surface area contributed by atoms with E-state index < -0.39 is 0 Å². The molecular formula is C21H19FN4. The van der Waals surface area contributed by atoms with Gasteiger partial charge in [-0.3, -0.25) is 4.98 Å². The van der Waals surface area contributed by atoms with Crippen LogP contribution >= 0.6 is 0 Å². The highest BCUT2D eigenvalue weighted by Crippen LogP contribution is 2.28. The molecule has 0 fully saturated rings. The van der Waals surface area contributed by atoms with Crippen LogP contribution in [0.25, 0.3) is 21.8 Å². The maximum atomic E-state index is 13.5. The summed E-state index contributed by atoms with van der Waals surface area (Å²) in [7, 11) is 0. The van der Waals surface area contributed by atoms with Crippen LogP contribution in [0.5, 0.6) is 0 Å². The van der Waals surface area contributed by atoms with Crippen LogP contribution in [0.3, 0.4) is 0 Å². The van der Waals surface area contributed by atoms with Crippen LogP contribution in [-0.4, -0.2) is 9.97 Å². The van der Waals surface area contributed by atoms with Crippen molar-refractivity contribution < 1.29 is 4.39 Å². The van der Waals surface area contributed by atoms with Crippen molar-refractivity contribution in [3.05, 3.63) is 77.2 Å². The van der Waals surface area contributed by atoms with Crippen molar-refractivity contribution in [2.75, 3.05) is 5.73 Å². The van der Waals surface area contributed by atoms with Crippen LogP contribution in [0.2, 0.25) is 0 Å². The molecule has 4 rings (SSSR count). The van der Waals surface area contributed by atoms with Gasteiger partial charge in [-0.1, -0.05) is 24.3 Å². The number of halogens is 1. The van der Waals surface area contributed by atoms with Gasteiger partial charge < -0.3 is 11.5 Å². The number of nitrogens with two attached hydrogens (primary N) is 2. The first-order valence-electron chi connectivity index (χ1n) is 8.55. The van der Waals surface area contributed by atoms with E-state index >= 15 is 0 Å². The van der Waals surface area contributed by atoms with E-state index in [1.54, 1.807) is 6.07 Å². The quantitative estimate of drug-likeness (QED) is 0.552. The topological polar surface area (TPSA) is 77.8 Å². The molecule has 4 aromatic rings. The number of fused-ring (bicyclic) bond motifs is 3. The van der Waals surface area contributed by atoms with Crippen LogP contribution in [-0.2, 0) is 19.4 Å². The van der Waals surface area contributed by atoms with E-state index in [1.807, 2.05) is 6.20 Å². The van der Waals surface area contributed by atoms with Crippen molar-refractivity contribution in [1.82, 2.24) is 9.97 Å². The lowest BCUT2D eigenvalue weighted by Gasteiger charge is -2.09. The number of nitrogen functional groups attached to an aromatic ring is 1. The van der Waals surface area contributed by atoms with E-state index in [0.29, 0.717) is 23.4 Å². The summed E-state index contributed by atoms with van der Waals surface area (Å²) in [6.45, 7) is 0.554. The summed E-state index contributed by atoms with van der Waals surface area (Å²) in [6, 6.07) is 15.0. The van der Waals surface area contributed by atoms with Gasteiger partial charge in [-0.05, 0) is 47.7 Å². The van der Waals surface area contributed by atoms with E-state index in [-0.39, 0.29) is 5.82 Å². The Morgan fingerprint density at radius 3 is 2.35 bits per heavy atom. The maximum Gasteiger partial charge on any atom is 0.150 e. The predicted molar refractivity (Wildman–Crippen MR) is 103 cm³/mol. The first kappa shape index (κ1) is 16.4. The van der Waals surface area contributed by atoms with Crippen LogP contribution in [0.1, 0.15) is 16.7 Å². The summed E-state index contributed by atoms with van der Waals surface area (Å²) in [6.07, 6.45) is 3.60. The molecule has 0 amide bonds. The molecule has 4 nitrogen and oxygen atoms in total. The fourth-order valence-electron chi connectivity index (χ4n) is 3.19. The normalized spacial score (nSPS) is 11.3. The molecule has 2 heterocycles. The van der Waals surface area contributed by atoms with Gasteiger partial charge in [-0.15, -0.1) is 0 Å². The van der Waals surface area contributed by atoms with Crippen LogP contribution in [0.4, 0.5) is 10.2 Å². The molecule has 5 heteroatoms. The smallest absolute Gasteiger partial charge is 0.150 e. The second-order valence-corrected chi connectivity index (χ2v) is 6.42. The number of aromatic nitrogens is 2. The molecule has 2 aromatic heterocycles. The molecule has 130 valence electrons. The van der Waals surface area contributed by atoms with Gasteiger partial charge in [0.05, 0.1) is 5.52 Å². The Bertz CT molecular complexity index is 1090. The maximum absolute atomic E-state index is 13.5. The van der Waals surface area contributed by atoms with Crippen LogP contribution < -0.4 is 11.5 Å². The number of pyridine rings is 2. The van der Waals surface area contributed by atoms with E-state index in [2.05, 4.69) is 40.3 Å². The van der Waals surface area contributed by atoms with Crippen molar-refractivity contribution in [3.63, 3.8) is 0 Å². The Hall–Kier alpha value is -3.05. The first-order valence-corrected chi connectivity index (χ1v) is 8.55. The largest absolute Gasteiger partial charge is 0.382 e. The van der Waals surface area contributed by atoms with Gasteiger partial charge in [-0.2, -0.15) is 0 Å². The highest BCUT2D eigenvalue weighted by atomic mass is 19.1. The van der Waals surface area contributed by atoms with E-state index in [1.165, 1.54) is 17.7 Å². The minimum atomic E-state index is -0.325. The fraction of sp³-hybridized carbons (Fsp3) is 0.143. The summed E-state index contributed by atoms with van der Waals surface area (Å²) >= 11 is 0. The lowest BCUT2D eigenvalue weighted by atomic mass is 10.0. The second kappa shape index (κ2) is 6.69. The number of hydrogen-bond acceptors (Lipinski definition) is 4. The molecule has 26 heavy (non-hydrogen) atoms. The van der Waals surface area contributed by atoms with Gasteiger partial charge in [0.2, 0.25) is 0 Å². The Balaban J connectivity index is 1.68. The Kier molecular flexibility index (Phi) is 4.22. The van der Waals surface area contributed by atoms with E-state index in [0.717, 1.165) is 34.7 Å². The Labute approximate surface area is 150 Å². The molecule has 4 N–H and O–H groups in total. The fourth-order valence-corrected chi connectivity index (χ4v) is 3.19. The molecule has 0 atom stereocenters. The summed E-state index contributed by atoms with van der Waals surface area (Å²) in [5, 5.41) is 1.76. The number of hydrogen-bond donors (Lipinski definition) is 2. The van der Waals surface area contributed by atoms with Gasteiger partial charge >= 0.3 is 0 Å². The molecule has 0 unspecified atom stereocenters. The monoisotopic (exact) mass is 346 g/mol. The number of rotatable bonds is 4. The molecular weight excluding hydrogens is 327 g/mol. The molecule has 0 aliphatic rings. The zero-order valence-electron chi connectivity index (χ0n) is 14.2. The van der Waals surface area contributed by atoms with Gasteiger partial charge in [0.15, 0.2) is 5.82 Å². The zero-order chi connectivity index (χ0) is 18.1. The third kappa shape index (κ3) is 3.09. The molecule has 0 bridgehead atoms. The minimum Gasteiger partial charge on any atom is -0.382 e. The van der Waals surface area contributed by atoms with Gasteiger partial charge in [0.25, 0.3) is 0 Å². The molecule has 0 saturated heterocycles. The lowest BCUT2D eigenvalue weighted by molar-refractivity contribution is 0.629. The van der Waals surface area contributed by atoms with Crippen molar-refractivity contribution in [1.29, 1.82) is 0 Å². The van der Waals surface area contributed by atoms with Gasteiger partial charge in [0.1, 0.15) is 11.3 Å². The SMILES string of the molecule is NCc1ccc(CCc2cnc3c(N)nc4cc(F)ccc4c3c2)cc1. The van der Waals surface area contributed by atoms with Crippen LogP contribution in [0, 0.1) is 5.82 Å². The Morgan fingerprint density at radius 2 is 1.58 bits per heavy atom. The summed E-state index contributed by atoms with van der Waals surface area (Å²) in [5.41, 5.74) is 16.3. The number of benzene rings is 2. The lowest BCUT2D eigenvalue weighted by Crippen LogP contribution is -1.99. The van der Waals surface area contributed by atoms with Crippen LogP contribution in [0.15, 0.2) is 54.7 Å². The average Bonchev–Trinajstić information content (AvgIpc) is 2.66. The molecule has 0 aliphatic heterocycles. The summed E-state index contributed by atoms with van der Waals surface area (Å²) in [5.74, 6) is -0.00388. The highest BCUT2D eigenvalue weighted by Gasteiger charge is 2.09. The second-order valence-electron chi connectivity index (χ2n) is 6.42. The highest BCUT2D eigenvalue weighted by molar-refractivity contribution is 6.08. The third-order valence-corrected chi connectivity index (χ3v) is 4.64. The number of anilines is 1. The van der Waals surface area contributed by atoms with Gasteiger partial charge in [0, 0.05) is 29.6 Å². The van der Waals surface area contributed by atoms with Crippen molar-refractivity contribution in [3.8, 4) is 0 Å². The third-order valence-electron chi connectivity index (χ3n) is 4.64. The first-order chi connectivity index (χ1) is 12.6. The van der Waals surface area contributed by atoms with Crippen molar-refractivity contribution in [2.45, 2.75) is 19.4 Å².